The molecule has 0 radical (unpaired) electrons. The van der Waals surface area contributed by atoms with E-state index in [0.717, 1.165) is 11.1 Å². The Labute approximate surface area is 125 Å². The molecule has 0 saturated heterocycles. The van der Waals surface area contributed by atoms with Crippen molar-refractivity contribution in [2.75, 3.05) is 0 Å². The van der Waals surface area contributed by atoms with Gasteiger partial charge in [0.25, 0.3) is 0 Å². The van der Waals surface area contributed by atoms with E-state index < -0.39 is 0 Å². The molecule has 3 heteroatoms. The Kier molecular flexibility index (Phi) is 5.08. The lowest BCUT2D eigenvalue weighted by molar-refractivity contribution is 0.540. The first kappa shape index (κ1) is 15.2. The third-order valence-corrected chi connectivity index (χ3v) is 3.55. The monoisotopic (exact) mass is 282 g/mol. The summed E-state index contributed by atoms with van der Waals surface area (Å²) in [6.45, 7) is 4.16. The second kappa shape index (κ2) is 7.01. The van der Waals surface area contributed by atoms with Crippen LogP contribution in [-0.2, 0) is 6.54 Å². The number of hydrogen-bond donors (Lipinski definition) is 1. The molecule has 1 unspecified atom stereocenters. The van der Waals surface area contributed by atoms with E-state index in [9.17, 15) is 4.39 Å². The molecular formula is C18H19FN2. The van der Waals surface area contributed by atoms with Crippen molar-refractivity contribution in [1.29, 1.82) is 5.26 Å². The van der Waals surface area contributed by atoms with E-state index in [4.69, 9.17) is 5.26 Å². The normalized spacial score (nSPS) is 11.9. The van der Waals surface area contributed by atoms with Crippen LogP contribution in [0.4, 0.5) is 4.39 Å². The SMILES string of the molecule is Cc1cc(CNC(CC#N)c2ccccc2)cc(C)c1F. The standard InChI is InChI=1S/C18H19FN2/c1-13-10-15(11-14(2)18(13)19)12-21-17(8-9-20)16-6-4-3-5-7-16/h3-7,10-11,17,21H,8,12H2,1-2H3. The second-order valence-electron chi connectivity index (χ2n) is 5.25. The fourth-order valence-electron chi connectivity index (χ4n) is 2.46. The van der Waals surface area contributed by atoms with Gasteiger partial charge in [-0.15, -0.1) is 0 Å². The maximum Gasteiger partial charge on any atom is 0.129 e. The molecule has 2 rings (SSSR count). The van der Waals surface area contributed by atoms with Crippen molar-refractivity contribution in [3.63, 3.8) is 0 Å². The average molecular weight is 282 g/mol. The van der Waals surface area contributed by atoms with Crippen LogP contribution in [0.25, 0.3) is 0 Å². The van der Waals surface area contributed by atoms with Gasteiger partial charge in [-0.3, -0.25) is 0 Å². The lowest BCUT2D eigenvalue weighted by Gasteiger charge is -2.17. The summed E-state index contributed by atoms with van der Waals surface area (Å²) in [5, 5.41) is 12.4. The van der Waals surface area contributed by atoms with Gasteiger partial charge in [-0.1, -0.05) is 42.5 Å². The van der Waals surface area contributed by atoms with Crippen LogP contribution in [0.15, 0.2) is 42.5 Å². The van der Waals surface area contributed by atoms with Crippen molar-refractivity contribution >= 4 is 0 Å². The van der Waals surface area contributed by atoms with Crippen LogP contribution in [0.2, 0.25) is 0 Å². The Hall–Kier alpha value is -2.18. The van der Waals surface area contributed by atoms with Crippen molar-refractivity contribution < 1.29 is 4.39 Å². The minimum atomic E-state index is -0.143. The van der Waals surface area contributed by atoms with Crippen molar-refractivity contribution in [3.05, 3.63) is 70.5 Å². The maximum absolute atomic E-state index is 13.6. The van der Waals surface area contributed by atoms with Crippen molar-refractivity contribution in [3.8, 4) is 6.07 Å². The second-order valence-corrected chi connectivity index (χ2v) is 5.25. The summed E-state index contributed by atoms with van der Waals surface area (Å²) < 4.78 is 13.6. The van der Waals surface area contributed by atoms with E-state index >= 15 is 0 Å². The molecule has 0 fully saturated rings. The van der Waals surface area contributed by atoms with Gasteiger partial charge in [-0.05, 0) is 36.1 Å². The highest BCUT2D eigenvalue weighted by Crippen LogP contribution is 2.19. The summed E-state index contributed by atoms with van der Waals surface area (Å²) in [5.74, 6) is -0.143. The van der Waals surface area contributed by atoms with Crippen LogP contribution in [0, 0.1) is 31.0 Å². The summed E-state index contributed by atoms with van der Waals surface area (Å²) in [5.41, 5.74) is 3.44. The van der Waals surface area contributed by atoms with Crippen molar-refractivity contribution in [2.24, 2.45) is 0 Å². The summed E-state index contributed by atoms with van der Waals surface area (Å²) in [7, 11) is 0. The first-order chi connectivity index (χ1) is 10.1. The third-order valence-electron chi connectivity index (χ3n) is 3.55. The van der Waals surface area contributed by atoms with Gasteiger partial charge < -0.3 is 5.32 Å². The first-order valence-corrected chi connectivity index (χ1v) is 7.02. The van der Waals surface area contributed by atoms with Crippen LogP contribution in [-0.4, -0.2) is 0 Å². The Morgan fingerprint density at radius 2 is 1.76 bits per heavy atom. The van der Waals surface area contributed by atoms with Gasteiger partial charge in [0.2, 0.25) is 0 Å². The summed E-state index contributed by atoms with van der Waals surface area (Å²) >= 11 is 0. The molecule has 108 valence electrons. The zero-order valence-corrected chi connectivity index (χ0v) is 12.4. The molecule has 0 aliphatic carbocycles. The van der Waals surface area contributed by atoms with Crippen LogP contribution >= 0.6 is 0 Å². The highest BCUT2D eigenvalue weighted by atomic mass is 19.1. The quantitative estimate of drug-likeness (QED) is 0.892. The zero-order chi connectivity index (χ0) is 15.2. The number of nitrogens with zero attached hydrogens (tertiary/aromatic N) is 1. The molecule has 0 aromatic heterocycles. The summed E-state index contributed by atoms with van der Waals surface area (Å²) in [6.07, 6.45) is 0.406. The fourth-order valence-corrected chi connectivity index (χ4v) is 2.46. The number of rotatable bonds is 5. The predicted molar refractivity (Wildman–Crippen MR) is 82.1 cm³/mol. The Balaban J connectivity index is 2.11. The van der Waals surface area contributed by atoms with E-state index in [1.54, 1.807) is 13.8 Å². The highest BCUT2D eigenvalue weighted by Gasteiger charge is 2.11. The largest absolute Gasteiger partial charge is 0.305 e. The van der Waals surface area contributed by atoms with Gasteiger partial charge in [-0.25, -0.2) is 4.39 Å². The van der Waals surface area contributed by atoms with Gasteiger partial charge in [0.1, 0.15) is 5.82 Å². The van der Waals surface area contributed by atoms with Crippen molar-refractivity contribution in [1.82, 2.24) is 5.32 Å². The number of halogens is 1. The molecule has 21 heavy (non-hydrogen) atoms. The Bertz CT molecular complexity index is 621. The fraction of sp³-hybridized carbons (Fsp3) is 0.278. The lowest BCUT2D eigenvalue weighted by Crippen LogP contribution is -2.20. The smallest absolute Gasteiger partial charge is 0.129 e. The van der Waals surface area contributed by atoms with Crippen LogP contribution in [0.3, 0.4) is 0 Å². The number of benzene rings is 2. The number of aryl methyl sites for hydroxylation is 2. The number of nitrogens with one attached hydrogen (secondary N) is 1. The predicted octanol–water partition coefficient (Wildman–Crippen LogP) is 4.19. The number of nitriles is 1. The van der Waals surface area contributed by atoms with Gasteiger partial charge >= 0.3 is 0 Å². The topological polar surface area (TPSA) is 35.8 Å². The van der Waals surface area contributed by atoms with Crippen molar-refractivity contribution in [2.45, 2.75) is 32.9 Å². The third kappa shape index (κ3) is 3.90. The molecule has 1 N–H and O–H groups in total. The lowest BCUT2D eigenvalue weighted by atomic mass is 10.0. The van der Waals surface area contributed by atoms with Gasteiger partial charge in [0, 0.05) is 12.6 Å². The van der Waals surface area contributed by atoms with Crippen LogP contribution < -0.4 is 5.32 Å². The molecule has 0 heterocycles. The molecule has 2 aromatic rings. The van der Waals surface area contributed by atoms with E-state index in [1.807, 2.05) is 42.5 Å². The van der Waals surface area contributed by atoms with E-state index in [0.29, 0.717) is 24.1 Å². The van der Waals surface area contributed by atoms with E-state index in [2.05, 4.69) is 11.4 Å². The average Bonchev–Trinajstić information content (AvgIpc) is 2.49. The minimum absolute atomic E-state index is 0.0122. The molecular weight excluding hydrogens is 263 g/mol. The summed E-state index contributed by atoms with van der Waals surface area (Å²) in [6, 6.07) is 15.8. The van der Waals surface area contributed by atoms with Gasteiger partial charge in [0.05, 0.1) is 12.5 Å². The molecule has 2 nitrogen and oxygen atoms in total. The Morgan fingerprint density at radius 1 is 1.14 bits per heavy atom. The summed E-state index contributed by atoms with van der Waals surface area (Å²) in [4.78, 5) is 0. The highest BCUT2D eigenvalue weighted by molar-refractivity contribution is 5.30. The Morgan fingerprint density at radius 3 is 2.33 bits per heavy atom. The number of hydrogen-bond acceptors (Lipinski definition) is 2. The zero-order valence-electron chi connectivity index (χ0n) is 12.4. The van der Waals surface area contributed by atoms with E-state index in [1.165, 1.54) is 0 Å². The first-order valence-electron chi connectivity index (χ1n) is 7.02. The molecule has 0 bridgehead atoms. The van der Waals surface area contributed by atoms with Crippen LogP contribution in [0.1, 0.15) is 34.7 Å². The molecule has 0 saturated carbocycles. The van der Waals surface area contributed by atoms with Gasteiger partial charge in [-0.2, -0.15) is 5.26 Å². The van der Waals surface area contributed by atoms with Gasteiger partial charge in [0.15, 0.2) is 0 Å². The maximum atomic E-state index is 13.6. The molecule has 2 aromatic carbocycles. The molecule has 0 aliphatic heterocycles. The minimum Gasteiger partial charge on any atom is -0.305 e. The molecule has 0 spiro atoms. The molecule has 1 atom stereocenters. The molecule has 0 aliphatic rings. The molecule has 0 amide bonds. The van der Waals surface area contributed by atoms with E-state index in [-0.39, 0.29) is 11.9 Å². The van der Waals surface area contributed by atoms with Crippen LogP contribution in [0.5, 0.6) is 0 Å².